The summed E-state index contributed by atoms with van der Waals surface area (Å²) in [5, 5.41) is 3.78. The molecule has 0 aliphatic carbocycles. The van der Waals surface area contributed by atoms with Crippen LogP contribution in [0.2, 0.25) is 0 Å². The second-order valence-corrected chi connectivity index (χ2v) is 8.13. The fourth-order valence-electron chi connectivity index (χ4n) is 3.31. The maximum absolute atomic E-state index is 13.1. The van der Waals surface area contributed by atoms with Crippen molar-refractivity contribution in [3.05, 3.63) is 77.9 Å². The third-order valence-electron chi connectivity index (χ3n) is 4.96. The minimum atomic E-state index is -0.191. The predicted octanol–water partition coefficient (Wildman–Crippen LogP) is 5.14. The molecule has 1 amide bonds. The minimum absolute atomic E-state index is 0.191. The van der Waals surface area contributed by atoms with Crippen LogP contribution in [0.4, 0.5) is 5.69 Å². The molecule has 0 fully saturated rings. The summed E-state index contributed by atoms with van der Waals surface area (Å²) in [6, 6.07) is 20.8. The number of aromatic amines is 1. The Balaban J connectivity index is 1.47. The molecule has 3 aromatic carbocycles. The third-order valence-corrected chi connectivity index (χ3v) is 5.88. The zero-order valence-electron chi connectivity index (χ0n) is 18.5. The van der Waals surface area contributed by atoms with Crippen LogP contribution in [0, 0.1) is 0 Å². The SMILES string of the molecule is COCCOc1cc(NC(=O)c2ccccc2CSc2nc3ccccc3[nH]2)ccc1OC. The lowest BCUT2D eigenvalue weighted by molar-refractivity contribution is 0.102. The average molecular weight is 464 g/mol. The molecule has 1 heterocycles. The van der Waals surface area contributed by atoms with Crippen molar-refractivity contribution in [1.82, 2.24) is 9.97 Å². The van der Waals surface area contributed by atoms with Gasteiger partial charge in [0.05, 0.1) is 24.8 Å². The van der Waals surface area contributed by atoms with E-state index in [0.717, 1.165) is 21.8 Å². The van der Waals surface area contributed by atoms with Gasteiger partial charge in [0, 0.05) is 30.2 Å². The minimum Gasteiger partial charge on any atom is -0.493 e. The molecule has 1 aromatic heterocycles. The van der Waals surface area contributed by atoms with Gasteiger partial charge >= 0.3 is 0 Å². The van der Waals surface area contributed by atoms with Crippen LogP contribution in [0.1, 0.15) is 15.9 Å². The number of benzene rings is 3. The van der Waals surface area contributed by atoms with Crippen LogP contribution in [-0.2, 0) is 10.5 Å². The Morgan fingerprint density at radius 1 is 1.00 bits per heavy atom. The molecule has 33 heavy (non-hydrogen) atoms. The molecule has 2 N–H and O–H groups in total. The maximum atomic E-state index is 13.1. The highest BCUT2D eigenvalue weighted by Gasteiger charge is 2.14. The average Bonchev–Trinajstić information content (AvgIpc) is 3.26. The standard InChI is InChI=1S/C25H25N3O4S/c1-30-13-14-32-23-15-18(11-12-22(23)31-2)26-24(29)19-8-4-3-7-17(19)16-33-25-27-20-9-5-6-10-21(20)28-25/h3-12,15H,13-14,16H2,1-2H3,(H,26,29)(H,27,28). The lowest BCUT2D eigenvalue weighted by atomic mass is 10.1. The van der Waals surface area contributed by atoms with E-state index in [1.165, 1.54) is 0 Å². The molecular weight excluding hydrogens is 438 g/mol. The van der Waals surface area contributed by atoms with E-state index in [4.69, 9.17) is 14.2 Å². The van der Waals surface area contributed by atoms with Crippen molar-refractivity contribution in [2.75, 3.05) is 32.8 Å². The quantitative estimate of drug-likeness (QED) is 0.250. The highest BCUT2D eigenvalue weighted by molar-refractivity contribution is 7.98. The number of fused-ring (bicyclic) bond motifs is 1. The van der Waals surface area contributed by atoms with Crippen LogP contribution in [0.5, 0.6) is 11.5 Å². The molecule has 0 radical (unpaired) electrons. The number of aromatic nitrogens is 2. The van der Waals surface area contributed by atoms with Crippen LogP contribution < -0.4 is 14.8 Å². The molecule has 0 unspecified atom stereocenters. The largest absolute Gasteiger partial charge is 0.493 e. The predicted molar refractivity (Wildman–Crippen MR) is 130 cm³/mol. The Labute approximate surface area is 196 Å². The molecule has 0 atom stereocenters. The summed E-state index contributed by atoms with van der Waals surface area (Å²) < 4.78 is 16.1. The maximum Gasteiger partial charge on any atom is 0.255 e. The summed E-state index contributed by atoms with van der Waals surface area (Å²) in [5.41, 5.74) is 4.07. The van der Waals surface area contributed by atoms with Crippen molar-refractivity contribution in [2.24, 2.45) is 0 Å². The van der Waals surface area contributed by atoms with Gasteiger partial charge in [0.1, 0.15) is 6.61 Å². The van der Waals surface area contributed by atoms with Crippen LogP contribution in [0.3, 0.4) is 0 Å². The first-order valence-corrected chi connectivity index (χ1v) is 11.4. The molecule has 0 aliphatic rings. The highest BCUT2D eigenvalue weighted by atomic mass is 32.2. The van der Waals surface area contributed by atoms with E-state index in [0.29, 0.717) is 41.7 Å². The molecule has 0 aliphatic heterocycles. The summed E-state index contributed by atoms with van der Waals surface area (Å²) in [4.78, 5) is 21.0. The number of nitrogens with zero attached hydrogens (tertiary/aromatic N) is 1. The van der Waals surface area contributed by atoms with Gasteiger partial charge < -0.3 is 24.5 Å². The monoisotopic (exact) mass is 463 g/mol. The van der Waals surface area contributed by atoms with Gasteiger partial charge in [-0.05, 0) is 35.9 Å². The lowest BCUT2D eigenvalue weighted by Crippen LogP contribution is -2.14. The van der Waals surface area contributed by atoms with Crippen molar-refractivity contribution in [3.63, 3.8) is 0 Å². The summed E-state index contributed by atoms with van der Waals surface area (Å²) in [5.74, 6) is 1.55. The van der Waals surface area contributed by atoms with Crippen molar-refractivity contribution < 1.29 is 19.0 Å². The van der Waals surface area contributed by atoms with Gasteiger partial charge in [-0.25, -0.2) is 4.98 Å². The first-order valence-electron chi connectivity index (χ1n) is 10.4. The number of carbonyl (C=O) groups excluding carboxylic acids is 1. The van der Waals surface area contributed by atoms with E-state index in [1.807, 2.05) is 48.5 Å². The summed E-state index contributed by atoms with van der Waals surface area (Å²) in [7, 11) is 3.19. The molecule has 0 saturated heterocycles. The van der Waals surface area contributed by atoms with E-state index in [2.05, 4.69) is 15.3 Å². The number of H-pyrrole nitrogens is 1. The third kappa shape index (κ3) is 5.66. The number of carbonyl (C=O) groups is 1. The number of amides is 1. The molecule has 0 saturated carbocycles. The van der Waals surface area contributed by atoms with Crippen molar-refractivity contribution in [2.45, 2.75) is 10.9 Å². The Bertz CT molecular complexity index is 1210. The van der Waals surface area contributed by atoms with Gasteiger partial charge in [-0.2, -0.15) is 0 Å². The first kappa shape index (κ1) is 22.7. The topological polar surface area (TPSA) is 85.5 Å². The van der Waals surface area contributed by atoms with E-state index < -0.39 is 0 Å². The van der Waals surface area contributed by atoms with Crippen LogP contribution in [-0.4, -0.2) is 43.3 Å². The van der Waals surface area contributed by atoms with E-state index in [-0.39, 0.29) is 5.91 Å². The number of nitrogens with one attached hydrogen (secondary N) is 2. The number of thioether (sulfide) groups is 1. The van der Waals surface area contributed by atoms with Gasteiger partial charge in [0.2, 0.25) is 0 Å². The molecule has 170 valence electrons. The number of ether oxygens (including phenoxy) is 3. The highest BCUT2D eigenvalue weighted by Crippen LogP contribution is 2.31. The molecular formula is C25H25N3O4S. The molecule has 7 nitrogen and oxygen atoms in total. The smallest absolute Gasteiger partial charge is 0.255 e. The molecule has 0 bridgehead atoms. The number of para-hydroxylation sites is 2. The summed E-state index contributed by atoms with van der Waals surface area (Å²) in [6.45, 7) is 0.835. The number of imidazole rings is 1. The van der Waals surface area contributed by atoms with Gasteiger partial charge in [0.25, 0.3) is 5.91 Å². The van der Waals surface area contributed by atoms with E-state index in [1.54, 1.807) is 44.2 Å². The van der Waals surface area contributed by atoms with Gasteiger partial charge in [0.15, 0.2) is 16.7 Å². The zero-order chi connectivity index (χ0) is 23.0. The molecule has 0 spiro atoms. The first-order chi connectivity index (χ1) is 16.2. The van der Waals surface area contributed by atoms with Crippen molar-refractivity contribution in [1.29, 1.82) is 0 Å². The van der Waals surface area contributed by atoms with E-state index >= 15 is 0 Å². The van der Waals surface area contributed by atoms with Crippen LogP contribution >= 0.6 is 11.8 Å². The number of rotatable bonds is 10. The fraction of sp³-hybridized carbons (Fsp3) is 0.200. The Hall–Kier alpha value is -3.49. The van der Waals surface area contributed by atoms with Crippen LogP contribution in [0.25, 0.3) is 11.0 Å². The van der Waals surface area contributed by atoms with Gasteiger partial charge in [-0.1, -0.05) is 42.1 Å². The van der Waals surface area contributed by atoms with Gasteiger partial charge in [-0.15, -0.1) is 0 Å². The Morgan fingerprint density at radius 2 is 1.82 bits per heavy atom. The van der Waals surface area contributed by atoms with Crippen molar-refractivity contribution >= 4 is 34.4 Å². The van der Waals surface area contributed by atoms with E-state index in [9.17, 15) is 4.79 Å². The second-order valence-electron chi connectivity index (χ2n) is 7.17. The fourth-order valence-corrected chi connectivity index (χ4v) is 4.20. The normalized spacial score (nSPS) is 10.8. The Morgan fingerprint density at radius 3 is 2.64 bits per heavy atom. The van der Waals surface area contributed by atoms with Crippen LogP contribution in [0.15, 0.2) is 71.9 Å². The molecule has 8 heteroatoms. The lowest BCUT2D eigenvalue weighted by Gasteiger charge is -2.14. The number of anilines is 1. The van der Waals surface area contributed by atoms with Gasteiger partial charge in [-0.3, -0.25) is 4.79 Å². The summed E-state index contributed by atoms with van der Waals surface area (Å²) >= 11 is 1.56. The van der Waals surface area contributed by atoms with Crippen molar-refractivity contribution in [3.8, 4) is 11.5 Å². The Kier molecular flexibility index (Phi) is 7.49. The second kappa shape index (κ2) is 10.9. The molecule has 4 aromatic rings. The number of methoxy groups -OCH3 is 2. The zero-order valence-corrected chi connectivity index (χ0v) is 19.3. The summed E-state index contributed by atoms with van der Waals surface area (Å²) in [6.07, 6.45) is 0. The number of hydrogen-bond donors (Lipinski definition) is 2. The number of hydrogen-bond acceptors (Lipinski definition) is 6. The molecule has 4 rings (SSSR count).